The largest absolute Gasteiger partial charge is 0.492 e. The van der Waals surface area contributed by atoms with Crippen LogP contribution in [0.2, 0.25) is 0 Å². The van der Waals surface area contributed by atoms with Crippen molar-refractivity contribution >= 4 is 11.8 Å². The molecular weight excluding hydrogens is 328 g/mol. The number of carbonyl (C=O) groups excluding carboxylic acids is 2. The van der Waals surface area contributed by atoms with E-state index in [0.29, 0.717) is 29.7 Å². The third-order valence-corrected chi connectivity index (χ3v) is 5.74. The first-order chi connectivity index (χ1) is 12.7. The van der Waals surface area contributed by atoms with Gasteiger partial charge < -0.3 is 14.5 Å². The fourth-order valence-corrected chi connectivity index (χ4v) is 4.06. The highest BCUT2D eigenvalue weighted by Crippen LogP contribution is 2.32. The van der Waals surface area contributed by atoms with Gasteiger partial charge in [0.05, 0.1) is 12.2 Å². The predicted octanol–water partition coefficient (Wildman–Crippen LogP) is 2.95. The smallest absolute Gasteiger partial charge is 0.257 e. The minimum Gasteiger partial charge on any atom is -0.492 e. The molecule has 2 aliphatic heterocycles. The zero-order chi connectivity index (χ0) is 17.9. The van der Waals surface area contributed by atoms with Crippen LogP contribution in [0.5, 0.6) is 5.75 Å². The maximum Gasteiger partial charge on any atom is 0.257 e. The fourth-order valence-electron chi connectivity index (χ4n) is 4.06. The van der Waals surface area contributed by atoms with E-state index in [0.717, 1.165) is 64.7 Å². The van der Waals surface area contributed by atoms with Crippen molar-refractivity contribution in [3.63, 3.8) is 0 Å². The second kappa shape index (κ2) is 7.68. The van der Waals surface area contributed by atoms with E-state index in [1.165, 1.54) is 0 Å². The van der Waals surface area contributed by atoms with E-state index in [-0.39, 0.29) is 11.8 Å². The van der Waals surface area contributed by atoms with E-state index in [4.69, 9.17) is 4.74 Å². The number of hydrogen-bond acceptors (Lipinski definition) is 3. The molecule has 140 valence electrons. The number of benzene rings is 1. The molecule has 1 aliphatic carbocycles. The van der Waals surface area contributed by atoms with Gasteiger partial charge in [-0.05, 0) is 50.7 Å². The van der Waals surface area contributed by atoms with Gasteiger partial charge in [-0.3, -0.25) is 9.59 Å². The first-order valence-corrected chi connectivity index (χ1v) is 10.0. The van der Waals surface area contributed by atoms with Gasteiger partial charge in [0, 0.05) is 38.0 Å². The van der Waals surface area contributed by atoms with Crippen LogP contribution in [0.15, 0.2) is 24.3 Å². The van der Waals surface area contributed by atoms with Crippen molar-refractivity contribution in [2.24, 2.45) is 11.8 Å². The summed E-state index contributed by atoms with van der Waals surface area (Å²) in [5.74, 6) is 1.72. The molecule has 2 saturated heterocycles. The van der Waals surface area contributed by atoms with Crippen LogP contribution < -0.4 is 4.74 Å². The van der Waals surface area contributed by atoms with E-state index in [1.807, 2.05) is 34.1 Å². The lowest BCUT2D eigenvalue weighted by molar-refractivity contribution is -0.134. The highest BCUT2D eigenvalue weighted by atomic mass is 16.5. The molecule has 1 atom stereocenters. The lowest BCUT2D eigenvalue weighted by Crippen LogP contribution is -2.42. The van der Waals surface area contributed by atoms with Crippen molar-refractivity contribution < 1.29 is 14.3 Å². The summed E-state index contributed by atoms with van der Waals surface area (Å²) in [6.45, 7) is 3.92. The highest BCUT2D eigenvalue weighted by Gasteiger charge is 2.35. The molecule has 0 N–H and O–H groups in total. The molecule has 3 fully saturated rings. The Labute approximate surface area is 155 Å². The number of piperidine rings is 1. The van der Waals surface area contributed by atoms with Gasteiger partial charge in [0.25, 0.3) is 5.91 Å². The molecule has 0 spiro atoms. The predicted molar refractivity (Wildman–Crippen MR) is 99.1 cm³/mol. The lowest BCUT2D eigenvalue weighted by Gasteiger charge is -2.33. The van der Waals surface area contributed by atoms with E-state index in [2.05, 4.69) is 0 Å². The number of ether oxygens (including phenoxy) is 1. The monoisotopic (exact) mass is 356 g/mol. The van der Waals surface area contributed by atoms with Gasteiger partial charge in [-0.25, -0.2) is 0 Å². The molecule has 1 aromatic rings. The summed E-state index contributed by atoms with van der Waals surface area (Å²) < 4.78 is 6.08. The molecule has 1 unspecified atom stereocenters. The van der Waals surface area contributed by atoms with Crippen molar-refractivity contribution in [3.8, 4) is 5.75 Å². The van der Waals surface area contributed by atoms with Crippen LogP contribution in [0.1, 0.15) is 48.9 Å². The summed E-state index contributed by atoms with van der Waals surface area (Å²) in [6, 6.07) is 7.56. The molecule has 1 saturated carbocycles. The number of amides is 2. The van der Waals surface area contributed by atoms with Crippen molar-refractivity contribution in [2.75, 3.05) is 32.8 Å². The molecule has 2 amide bonds. The topological polar surface area (TPSA) is 49.9 Å². The number of hydrogen-bond donors (Lipinski definition) is 0. The Bertz CT molecular complexity index is 665. The quantitative estimate of drug-likeness (QED) is 0.815. The van der Waals surface area contributed by atoms with E-state index in [1.54, 1.807) is 0 Å². The van der Waals surface area contributed by atoms with Crippen LogP contribution in [0, 0.1) is 11.8 Å². The first kappa shape index (κ1) is 17.4. The summed E-state index contributed by atoms with van der Waals surface area (Å²) in [5.41, 5.74) is 0.663. The van der Waals surface area contributed by atoms with E-state index < -0.39 is 0 Å². The second-order valence-electron chi connectivity index (χ2n) is 7.87. The standard InChI is InChI=1S/C21H28N2O3/c24-20(17-9-10-17)23-13-5-6-16(14-23)15-26-19-8-2-1-7-18(19)21(25)22-11-3-4-12-22/h1-2,7-8,16-17H,3-6,9-15H2. The van der Waals surface area contributed by atoms with E-state index >= 15 is 0 Å². The Balaban J connectivity index is 1.37. The molecule has 5 heteroatoms. The summed E-state index contributed by atoms with van der Waals surface area (Å²) in [7, 11) is 0. The third-order valence-electron chi connectivity index (χ3n) is 5.74. The van der Waals surface area contributed by atoms with Gasteiger partial charge in [0.15, 0.2) is 0 Å². The van der Waals surface area contributed by atoms with Crippen molar-refractivity contribution in [3.05, 3.63) is 29.8 Å². The van der Waals surface area contributed by atoms with Crippen LogP contribution >= 0.6 is 0 Å². The van der Waals surface area contributed by atoms with Crippen LogP contribution in [-0.4, -0.2) is 54.4 Å². The number of rotatable bonds is 5. The highest BCUT2D eigenvalue weighted by molar-refractivity contribution is 5.97. The first-order valence-electron chi connectivity index (χ1n) is 10.0. The normalized spacial score (nSPS) is 23.2. The zero-order valence-electron chi connectivity index (χ0n) is 15.4. The molecule has 5 nitrogen and oxygen atoms in total. The minimum absolute atomic E-state index is 0.0762. The number of para-hydroxylation sites is 1. The molecule has 0 aromatic heterocycles. The molecule has 0 radical (unpaired) electrons. The second-order valence-corrected chi connectivity index (χ2v) is 7.87. The van der Waals surface area contributed by atoms with Gasteiger partial charge in [-0.1, -0.05) is 12.1 Å². The Hall–Kier alpha value is -2.04. The fraction of sp³-hybridized carbons (Fsp3) is 0.619. The van der Waals surface area contributed by atoms with Gasteiger partial charge >= 0.3 is 0 Å². The Kier molecular flexibility index (Phi) is 5.14. The van der Waals surface area contributed by atoms with Crippen LogP contribution in [0.4, 0.5) is 0 Å². The summed E-state index contributed by atoms with van der Waals surface area (Å²) in [5, 5.41) is 0. The summed E-state index contributed by atoms with van der Waals surface area (Å²) in [6.07, 6.45) is 6.41. The maximum atomic E-state index is 12.7. The maximum absolute atomic E-state index is 12.7. The van der Waals surface area contributed by atoms with Crippen LogP contribution in [0.25, 0.3) is 0 Å². The van der Waals surface area contributed by atoms with E-state index in [9.17, 15) is 9.59 Å². The average Bonchev–Trinajstić information content (AvgIpc) is 3.39. The van der Waals surface area contributed by atoms with Gasteiger partial charge in [-0.2, -0.15) is 0 Å². The van der Waals surface area contributed by atoms with Gasteiger partial charge in [0.1, 0.15) is 5.75 Å². The zero-order valence-corrected chi connectivity index (χ0v) is 15.4. The van der Waals surface area contributed by atoms with Crippen molar-refractivity contribution in [1.82, 2.24) is 9.80 Å². The lowest BCUT2D eigenvalue weighted by atomic mass is 9.98. The number of likely N-dealkylation sites (tertiary alicyclic amines) is 2. The summed E-state index contributed by atoms with van der Waals surface area (Å²) >= 11 is 0. The molecule has 26 heavy (non-hydrogen) atoms. The van der Waals surface area contributed by atoms with Crippen LogP contribution in [-0.2, 0) is 4.79 Å². The van der Waals surface area contributed by atoms with Crippen LogP contribution in [0.3, 0.4) is 0 Å². The molecule has 2 heterocycles. The Morgan fingerprint density at radius 3 is 2.46 bits per heavy atom. The van der Waals surface area contributed by atoms with Gasteiger partial charge in [0.2, 0.25) is 5.91 Å². The average molecular weight is 356 g/mol. The van der Waals surface area contributed by atoms with Crippen molar-refractivity contribution in [1.29, 1.82) is 0 Å². The molecule has 1 aromatic carbocycles. The van der Waals surface area contributed by atoms with Gasteiger partial charge in [-0.15, -0.1) is 0 Å². The molecule has 0 bridgehead atoms. The SMILES string of the molecule is O=C(c1ccccc1OCC1CCCN(C(=O)C2CC2)C1)N1CCCC1. The third kappa shape index (κ3) is 3.87. The number of nitrogens with zero attached hydrogens (tertiary/aromatic N) is 2. The molecule has 4 rings (SSSR count). The Morgan fingerprint density at radius 2 is 1.69 bits per heavy atom. The summed E-state index contributed by atoms with van der Waals surface area (Å²) in [4.78, 5) is 29.0. The Morgan fingerprint density at radius 1 is 0.962 bits per heavy atom. The number of carbonyl (C=O) groups is 2. The van der Waals surface area contributed by atoms with Crippen molar-refractivity contribution in [2.45, 2.75) is 38.5 Å². The molecular formula is C21H28N2O3. The molecule has 3 aliphatic rings. The minimum atomic E-state index is 0.0762.